The lowest BCUT2D eigenvalue weighted by atomic mass is 10.1. The summed E-state index contributed by atoms with van der Waals surface area (Å²) in [6, 6.07) is 12.7. The Hall–Kier alpha value is -4.22. The van der Waals surface area contributed by atoms with E-state index in [0.29, 0.717) is 60.5 Å². The summed E-state index contributed by atoms with van der Waals surface area (Å²) in [5, 5.41) is 0.506. The summed E-state index contributed by atoms with van der Waals surface area (Å²) in [6.07, 6.45) is 0.106. The molecule has 2 aromatic heterocycles. The molecule has 0 N–H and O–H groups in total. The molecule has 0 saturated carbocycles. The van der Waals surface area contributed by atoms with E-state index < -0.39 is 17.3 Å². The molecule has 0 spiro atoms. The molecule has 4 aromatic rings. The minimum atomic E-state index is -0.556. The van der Waals surface area contributed by atoms with Crippen LogP contribution in [0.25, 0.3) is 11.2 Å². The first-order chi connectivity index (χ1) is 20.0. The number of rotatable bonds is 5. The number of imide groups is 1. The molecule has 2 aliphatic rings. The highest BCUT2D eigenvalue weighted by atomic mass is 35.5. The Labute approximate surface area is 247 Å². The molecule has 1 atom stereocenters. The van der Waals surface area contributed by atoms with Crippen molar-refractivity contribution in [3.8, 4) is 0 Å². The fourth-order valence-electron chi connectivity index (χ4n) is 5.83. The van der Waals surface area contributed by atoms with Crippen LogP contribution in [0, 0.1) is 13.8 Å². The number of nitrogens with zero attached hydrogens (tertiary/aromatic N) is 7. The first-order valence-electron chi connectivity index (χ1n) is 13.9. The maximum atomic E-state index is 13.4. The van der Waals surface area contributed by atoms with Crippen molar-refractivity contribution in [3.05, 3.63) is 85.0 Å². The normalized spacial score (nSPS) is 18.1. The molecular formula is C30H32ClN7O4. The van der Waals surface area contributed by atoms with Gasteiger partial charge in [-0.25, -0.2) is 9.69 Å². The van der Waals surface area contributed by atoms with Crippen molar-refractivity contribution in [2.24, 2.45) is 14.1 Å². The van der Waals surface area contributed by atoms with Gasteiger partial charge in [-0.15, -0.1) is 0 Å². The monoisotopic (exact) mass is 589 g/mol. The van der Waals surface area contributed by atoms with E-state index >= 15 is 0 Å². The van der Waals surface area contributed by atoms with Gasteiger partial charge in [0.15, 0.2) is 11.2 Å². The Kier molecular flexibility index (Phi) is 7.02. The van der Waals surface area contributed by atoms with Crippen molar-refractivity contribution in [3.63, 3.8) is 0 Å². The van der Waals surface area contributed by atoms with Gasteiger partial charge in [-0.1, -0.05) is 47.5 Å². The maximum Gasteiger partial charge on any atom is 0.332 e. The van der Waals surface area contributed by atoms with Crippen LogP contribution in [0.5, 0.6) is 0 Å². The van der Waals surface area contributed by atoms with Gasteiger partial charge in [0.05, 0.1) is 24.7 Å². The molecule has 2 saturated heterocycles. The summed E-state index contributed by atoms with van der Waals surface area (Å²) in [6.45, 7) is 6.40. The highest BCUT2D eigenvalue weighted by molar-refractivity contribution is 6.32. The predicted octanol–water partition coefficient (Wildman–Crippen LogP) is 2.21. The summed E-state index contributed by atoms with van der Waals surface area (Å²) >= 11 is 6.27. The Balaban J connectivity index is 1.28. The van der Waals surface area contributed by atoms with Crippen molar-refractivity contribution in [1.29, 1.82) is 0 Å². The number of benzene rings is 2. The number of aromatic nitrogens is 4. The number of carbonyl (C=O) groups is 2. The molecule has 0 radical (unpaired) electrons. The maximum absolute atomic E-state index is 13.4. The highest BCUT2D eigenvalue weighted by Crippen LogP contribution is 2.30. The molecule has 6 rings (SSSR count). The van der Waals surface area contributed by atoms with Gasteiger partial charge in [0.25, 0.3) is 11.5 Å². The average molecular weight is 590 g/mol. The van der Waals surface area contributed by atoms with E-state index in [2.05, 4.69) is 4.90 Å². The second-order valence-electron chi connectivity index (χ2n) is 11.1. The number of anilines is 2. The van der Waals surface area contributed by atoms with E-state index in [0.717, 1.165) is 21.3 Å². The van der Waals surface area contributed by atoms with Gasteiger partial charge in [-0.2, -0.15) is 4.98 Å². The third-order valence-corrected chi connectivity index (χ3v) is 8.77. The Morgan fingerprint density at radius 2 is 1.60 bits per heavy atom. The molecule has 2 fully saturated rings. The van der Waals surface area contributed by atoms with Crippen LogP contribution in [-0.4, -0.2) is 67.6 Å². The lowest BCUT2D eigenvalue weighted by Crippen LogP contribution is -2.53. The van der Waals surface area contributed by atoms with Crippen LogP contribution in [0.3, 0.4) is 0 Å². The molecule has 11 nitrogen and oxygen atoms in total. The molecule has 0 aliphatic carbocycles. The second-order valence-corrected chi connectivity index (χ2v) is 11.5. The lowest BCUT2D eigenvalue weighted by molar-refractivity contribution is -0.123. The number of imidazole rings is 1. The number of carbonyl (C=O) groups excluding carboxylic acids is 2. The first-order valence-corrected chi connectivity index (χ1v) is 14.3. The van der Waals surface area contributed by atoms with Crippen LogP contribution in [-0.2, 0) is 30.2 Å². The number of halogens is 1. The van der Waals surface area contributed by atoms with Crippen molar-refractivity contribution >= 4 is 46.2 Å². The first kappa shape index (κ1) is 27.9. The molecule has 42 heavy (non-hydrogen) atoms. The molecule has 4 heterocycles. The van der Waals surface area contributed by atoms with Crippen LogP contribution in [0.4, 0.5) is 11.6 Å². The predicted molar refractivity (Wildman–Crippen MR) is 161 cm³/mol. The number of piperazine rings is 1. The molecule has 2 aliphatic heterocycles. The van der Waals surface area contributed by atoms with Gasteiger partial charge in [-0.05, 0) is 37.1 Å². The van der Waals surface area contributed by atoms with Crippen molar-refractivity contribution in [2.75, 3.05) is 36.0 Å². The van der Waals surface area contributed by atoms with E-state index in [1.807, 2.05) is 47.6 Å². The minimum Gasteiger partial charge on any atom is -0.340 e. The van der Waals surface area contributed by atoms with E-state index in [1.165, 1.54) is 16.5 Å². The summed E-state index contributed by atoms with van der Waals surface area (Å²) < 4.78 is 4.38. The molecule has 0 bridgehead atoms. The number of aryl methyl sites for hydroxylation is 3. The van der Waals surface area contributed by atoms with Crippen LogP contribution < -0.4 is 21.0 Å². The fraction of sp³-hybridized carbons (Fsp3) is 0.367. The Bertz CT molecular complexity index is 1850. The zero-order valence-corrected chi connectivity index (χ0v) is 24.8. The van der Waals surface area contributed by atoms with Gasteiger partial charge < -0.3 is 4.90 Å². The Morgan fingerprint density at radius 1 is 0.905 bits per heavy atom. The van der Waals surface area contributed by atoms with Gasteiger partial charge in [0.1, 0.15) is 0 Å². The van der Waals surface area contributed by atoms with E-state index in [4.69, 9.17) is 16.6 Å². The molecule has 218 valence electrons. The fourth-order valence-corrected chi connectivity index (χ4v) is 6.00. The van der Waals surface area contributed by atoms with Gasteiger partial charge >= 0.3 is 5.69 Å². The van der Waals surface area contributed by atoms with E-state index in [-0.39, 0.29) is 18.2 Å². The zero-order chi connectivity index (χ0) is 29.9. The topological polar surface area (TPSA) is 106 Å². The van der Waals surface area contributed by atoms with Crippen LogP contribution >= 0.6 is 11.6 Å². The summed E-state index contributed by atoms with van der Waals surface area (Å²) in [5.41, 5.74) is 3.35. The SMILES string of the molecule is Cc1ccc(Cn2c(N3CCN(C4CC(=O)N(c5ccc(C)c(Cl)c5)C4=O)CC3)nc3c2c(=O)n(C)c(=O)n3C)cc1. The van der Waals surface area contributed by atoms with Crippen molar-refractivity contribution < 1.29 is 9.59 Å². The van der Waals surface area contributed by atoms with Crippen LogP contribution in [0.15, 0.2) is 52.1 Å². The molecule has 12 heteroatoms. The number of hydrogen-bond acceptors (Lipinski definition) is 7. The molecule has 2 amide bonds. The average Bonchev–Trinajstić information content (AvgIpc) is 3.50. The smallest absolute Gasteiger partial charge is 0.332 e. The third kappa shape index (κ3) is 4.62. The van der Waals surface area contributed by atoms with Gasteiger partial charge in [0, 0.05) is 45.3 Å². The number of amides is 2. The quantitative estimate of drug-likeness (QED) is 0.329. The summed E-state index contributed by atoms with van der Waals surface area (Å²) in [4.78, 5) is 62.5. The van der Waals surface area contributed by atoms with Crippen LogP contribution in [0.2, 0.25) is 5.02 Å². The largest absolute Gasteiger partial charge is 0.340 e. The van der Waals surface area contributed by atoms with E-state index in [9.17, 15) is 19.2 Å². The van der Waals surface area contributed by atoms with Crippen LogP contribution in [0.1, 0.15) is 23.1 Å². The number of hydrogen-bond donors (Lipinski definition) is 0. The van der Waals surface area contributed by atoms with Gasteiger partial charge in [-0.3, -0.25) is 33.0 Å². The lowest BCUT2D eigenvalue weighted by Gasteiger charge is -2.37. The minimum absolute atomic E-state index is 0.106. The van der Waals surface area contributed by atoms with Gasteiger partial charge in [0.2, 0.25) is 11.9 Å². The number of fused-ring (bicyclic) bond motifs is 1. The molecular weight excluding hydrogens is 558 g/mol. The molecule has 2 aromatic carbocycles. The zero-order valence-electron chi connectivity index (χ0n) is 24.0. The summed E-state index contributed by atoms with van der Waals surface area (Å²) in [7, 11) is 3.09. The third-order valence-electron chi connectivity index (χ3n) is 8.36. The Morgan fingerprint density at radius 3 is 2.26 bits per heavy atom. The second kappa shape index (κ2) is 10.6. The standard InChI is InChI=1S/C30H32ClN7O4/c1-18-5-8-20(9-6-18)17-37-25-26(33(3)30(42)34(4)28(25)41)32-29(37)36-13-11-35(12-14-36)23-16-24(39)38(27(23)40)21-10-7-19(2)22(31)15-21/h5-10,15,23H,11-14,16-17H2,1-4H3. The molecule has 1 unspecified atom stereocenters. The van der Waals surface area contributed by atoms with Crippen molar-refractivity contribution in [1.82, 2.24) is 23.6 Å². The summed E-state index contributed by atoms with van der Waals surface area (Å²) in [5.74, 6) is 0.0933. The van der Waals surface area contributed by atoms with E-state index in [1.54, 1.807) is 25.2 Å². The highest BCUT2D eigenvalue weighted by Gasteiger charge is 2.43. The van der Waals surface area contributed by atoms with Crippen molar-refractivity contribution in [2.45, 2.75) is 32.9 Å².